The molecule has 7 nitrogen and oxygen atoms in total. The average Bonchev–Trinajstić information content (AvgIpc) is 3.14. The lowest BCUT2D eigenvalue weighted by Crippen LogP contribution is -2.06. The molecule has 0 aliphatic rings. The molecule has 0 bridgehead atoms. The van der Waals surface area contributed by atoms with Crippen molar-refractivity contribution in [3.8, 4) is 34.3 Å². The van der Waals surface area contributed by atoms with Gasteiger partial charge in [-0.3, -0.25) is 9.36 Å². The maximum absolute atomic E-state index is 13.5. The van der Waals surface area contributed by atoms with Crippen LogP contribution in [0, 0.1) is 0 Å². The molecule has 35 heavy (non-hydrogen) atoms. The lowest BCUT2D eigenvalue weighted by Gasteiger charge is -2.13. The van der Waals surface area contributed by atoms with Gasteiger partial charge in [0, 0.05) is 16.3 Å². The highest BCUT2D eigenvalue weighted by molar-refractivity contribution is 6.30. The van der Waals surface area contributed by atoms with E-state index in [0.717, 1.165) is 0 Å². The summed E-state index contributed by atoms with van der Waals surface area (Å²) in [5.74, 6) is -1.48. The highest BCUT2D eigenvalue weighted by Gasteiger charge is 2.30. The molecule has 0 aliphatic carbocycles. The summed E-state index contributed by atoms with van der Waals surface area (Å²) >= 11 is 6.06. The number of ether oxygens (including phenoxy) is 2. The highest BCUT2D eigenvalue weighted by Crippen LogP contribution is 2.44. The molecule has 0 amide bonds. The Kier molecular flexibility index (Phi) is 6.80. The zero-order valence-electron chi connectivity index (χ0n) is 19.0. The van der Waals surface area contributed by atoms with Crippen LogP contribution in [-0.4, -0.2) is 40.2 Å². The fourth-order valence-corrected chi connectivity index (χ4v) is 3.87. The number of halogens is 1. The fourth-order valence-electron chi connectivity index (χ4n) is 3.74. The second-order valence-corrected chi connectivity index (χ2v) is 8.00. The molecule has 4 aromatic rings. The SMILES string of the molecule is CCOC(=O)c1ccc(-n2c(O)c(O)c(C(=O)c3ccc(OC)cc3)c2-c2ccc(Cl)cc2)cc1. The van der Waals surface area contributed by atoms with Crippen LogP contribution >= 0.6 is 11.6 Å². The Balaban J connectivity index is 1.91. The molecular formula is C27H22ClNO6. The van der Waals surface area contributed by atoms with Crippen LogP contribution in [-0.2, 0) is 4.74 Å². The van der Waals surface area contributed by atoms with Crippen molar-refractivity contribution in [2.45, 2.75) is 6.92 Å². The number of aromatic hydroxyl groups is 2. The van der Waals surface area contributed by atoms with E-state index in [-0.39, 0.29) is 17.9 Å². The normalized spacial score (nSPS) is 10.7. The zero-order chi connectivity index (χ0) is 25.1. The van der Waals surface area contributed by atoms with Gasteiger partial charge in [-0.1, -0.05) is 23.7 Å². The van der Waals surface area contributed by atoms with Crippen LogP contribution in [0.5, 0.6) is 17.4 Å². The van der Waals surface area contributed by atoms with E-state index in [9.17, 15) is 19.8 Å². The summed E-state index contributed by atoms with van der Waals surface area (Å²) in [6, 6.07) is 19.4. The van der Waals surface area contributed by atoms with Crippen LogP contribution in [0.1, 0.15) is 33.2 Å². The smallest absolute Gasteiger partial charge is 0.338 e. The van der Waals surface area contributed by atoms with E-state index < -0.39 is 23.4 Å². The maximum atomic E-state index is 13.5. The van der Waals surface area contributed by atoms with Gasteiger partial charge in [0.1, 0.15) is 5.75 Å². The zero-order valence-corrected chi connectivity index (χ0v) is 19.7. The third-order valence-electron chi connectivity index (χ3n) is 5.45. The lowest BCUT2D eigenvalue weighted by molar-refractivity contribution is 0.0526. The Hall–Kier alpha value is -4.23. The predicted molar refractivity (Wildman–Crippen MR) is 132 cm³/mol. The Morgan fingerprint density at radius 3 is 2.06 bits per heavy atom. The van der Waals surface area contributed by atoms with Crippen molar-refractivity contribution in [1.29, 1.82) is 0 Å². The van der Waals surface area contributed by atoms with Gasteiger partial charge in [-0.05, 0) is 73.2 Å². The molecule has 178 valence electrons. The minimum Gasteiger partial charge on any atom is -0.503 e. The number of aromatic nitrogens is 1. The van der Waals surface area contributed by atoms with Crippen molar-refractivity contribution < 1.29 is 29.3 Å². The minimum absolute atomic E-state index is 0.0792. The molecular weight excluding hydrogens is 470 g/mol. The second-order valence-electron chi connectivity index (χ2n) is 7.56. The van der Waals surface area contributed by atoms with Crippen LogP contribution in [0.4, 0.5) is 0 Å². The lowest BCUT2D eigenvalue weighted by atomic mass is 9.99. The van der Waals surface area contributed by atoms with Crippen LogP contribution in [0.2, 0.25) is 5.02 Å². The number of ketones is 1. The van der Waals surface area contributed by atoms with Crippen molar-refractivity contribution in [1.82, 2.24) is 4.57 Å². The minimum atomic E-state index is -0.565. The molecule has 1 aromatic heterocycles. The Labute approximate surface area is 206 Å². The monoisotopic (exact) mass is 491 g/mol. The van der Waals surface area contributed by atoms with Crippen molar-refractivity contribution in [2.24, 2.45) is 0 Å². The third kappa shape index (κ3) is 4.58. The molecule has 0 aliphatic heterocycles. The maximum Gasteiger partial charge on any atom is 0.338 e. The molecule has 0 saturated carbocycles. The molecule has 4 rings (SSSR count). The van der Waals surface area contributed by atoms with Gasteiger partial charge in [-0.15, -0.1) is 0 Å². The summed E-state index contributed by atoms with van der Waals surface area (Å²) in [5.41, 5.74) is 1.77. The van der Waals surface area contributed by atoms with Gasteiger partial charge in [-0.25, -0.2) is 4.79 Å². The van der Waals surface area contributed by atoms with Crippen LogP contribution in [0.25, 0.3) is 16.9 Å². The Morgan fingerprint density at radius 1 is 0.886 bits per heavy atom. The first kappa shape index (κ1) is 23.9. The molecule has 0 radical (unpaired) electrons. The number of rotatable bonds is 7. The molecule has 0 unspecified atom stereocenters. The Bertz CT molecular complexity index is 1370. The average molecular weight is 492 g/mol. The largest absolute Gasteiger partial charge is 0.503 e. The summed E-state index contributed by atoms with van der Waals surface area (Å²) in [7, 11) is 1.52. The van der Waals surface area contributed by atoms with Crippen molar-refractivity contribution in [2.75, 3.05) is 13.7 Å². The molecule has 0 atom stereocenters. The Morgan fingerprint density at radius 2 is 1.49 bits per heavy atom. The molecule has 8 heteroatoms. The number of methoxy groups -OCH3 is 1. The van der Waals surface area contributed by atoms with E-state index in [0.29, 0.717) is 33.1 Å². The van der Waals surface area contributed by atoms with E-state index in [4.69, 9.17) is 21.1 Å². The van der Waals surface area contributed by atoms with Gasteiger partial charge >= 0.3 is 5.97 Å². The quantitative estimate of drug-likeness (QED) is 0.257. The standard InChI is InChI=1S/C27H22ClNO6/c1-3-35-27(33)18-6-12-20(13-7-18)29-23(16-4-10-19(28)11-5-16)22(25(31)26(29)32)24(30)17-8-14-21(34-2)15-9-17/h4-15,31-32H,3H2,1-2H3. The van der Waals surface area contributed by atoms with Crippen LogP contribution in [0.3, 0.4) is 0 Å². The van der Waals surface area contributed by atoms with Crippen molar-refractivity contribution in [3.63, 3.8) is 0 Å². The first-order valence-electron chi connectivity index (χ1n) is 10.7. The number of esters is 1. The molecule has 1 heterocycles. The molecule has 2 N–H and O–H groups in total. The van der Waals surface area contributed by atoms with E-state index in [1.54, 1.807) is 79.7 Å². The molecule has 3 aromatic carbocycles. The van der Waals surface area contributed by atoms with Crippen LogP contribution < -0.4 is 4.74 Å². The van der Waals surface area contributed by atoms with Gasteiger partial charge in [-0.2, -0.15) is 0 Å². The van der Waals surface area contributed by atoms with E-state index >= 15 is 0 Å². The summed E-state index contributed by atoms with van der Waals surface area (Å²) < 4.78 is 11.5. The molecule has 0 saturated heterocycles. The van der Waals surface area contributed by atoms with Gasteiger partial charge in [0.25, 0.3) is 0 Å². The summed E-state index contributed by atoms with van der Waals surface area (Å²) in [5, 5.41) is 22.3. The summed E-state index contributed by atoms with van der Waals surface area (Å²) in [6.45, 7) is 1.96. The summed E-state index contributed by atoms with van der Waals surface area (Å²) in [4.78, 5) is 25.6. The summed E-state index contributed by atoms with van der Waals surface area (Å²) in [6.07, 6.45) is 0. The van der Waals surface area contributed by atoms with E-state index in [1.807, 2.05) is 0 Å². The highest BCUT2D eigenvalue weighted by atomic mass is 35.5. The van der Waals surface area contributed by atoms with E-state index in [2.05, 4.69) is 0 Å². The number of hydrogen-bond acceptors (Lipinski definition) is 6. The molecule has 0 fully saturated rings. The first-order valence-corrected chi connectivity index (χ1v) is 11.1. The number of nitrogens with zero attached hydrogens (tertiary/aromatic N) is 1. The number of benzene rings is 3. The number of carbonyl (C=O) groups is 2. The van der Waals surface area contributed by atoms with E-state index in [1.165, 1.54) is 11.7 Å². The second kappa shape index (κ2) is 9.95. The molecule has 0 spiro atoms. The first-order chi connectivity index (χ1) is 16.8. The predicted octanol–water partition coefficient (Wildman–Crippen LogP) is 5.63. The fraction of sp³-hybridized carbons (Fsp3) is 0.111. The third-order valence-corrected chi connectivity index (χ3v) is 5.71. The topological polar surface area (TPSA) is 98.0 Å². The number of hydrogen-bond donors (Lipinski definition) is 2. The van der Waals surface area contributed by atoms with Gasteiger partial charge in [0.05, 0.1) is 30.5 Å². The van der Waals surface area contributed by atoms with Crippen LogP contribution in [0.15, 0.2) is 72.8 Å². The van der Waals surface area contributed by atoms with Gasteiger partial charge in [0.15, 0.2) is 11.5 Å². The van der Waals surface area contributed by atoms with Crippen molar-refractivity contribution >= 4 is 23.4 Å². The van der Waals surface area contributed by atoms with Gasteiger partial charge in [0.2, 0.25) is 5.88 Å². The van der Waals surface area contributed by atoms with Gasteiger partial charge < -0.3 is 19.7 Å². The van der Waals surface area contributed by atoms with Crippen molar-refractivity contribution in [3.05, 3.63) is 94.5 Å². The number of carbonyl (C=O) groups excluding carboxylic acids is 2.